The minimum absolute atomic E-state index is 0.223. The SMILES string of the molecule is CCCCN(CCCNC1CCCCC1)C(C)=O. The maximum Gasteiger partial charge on any atom is 0.219 e. The van der Waals surface area contributed by atoms with E-state index < -0.39 is 0 Å². The summed E-state index contributed by atoms with van der Waals surface area (Å²) in [5, 5.41) is 3.63. The van der Waals surface area contributed by atoms with E-state index >= 15 is 0 Å². The Morgan fingerprint density at radius 2 is 1.83 bits per heavy atom. The topological polar surface area (TPSA) is 32.3 Å². The Kier molecular flexibility index (Phi) is 8.06. The second-order valence-corrected chi connectivity index (χ2v) is 5.50. The first kappa shape index (κ1) is 15.5. The van der Waals surface area contributed by atoms with Crippen LogP contribution in [0.3, 0.4) is 0 Å². The van der Waals surface area contributed by atoms with Crippen molar-refractivity contribution in [3.05, 3.63) is 0 Å². The zero-order valence-corrected chi connectivity index (χ0v) is 12.2. The van der Waals surface area contributed by atoms with Crippen LogP contribution in [0.5, 0.6) is 0 Å². The summed E-state index contributed by atoms with van der Waals surface area (Å²) in [5.41, 5.74) is 0. The number of amides is 1. The molecule has 0 radical (unpaired) electrons. The molecule has 0 saturated heterocycles. The van der Waals surface area contributed by atoms with Crippen molar-refractivity contribution in [2.75, 3.05) is 19.6 Å². The van der Waals surface area contributed by atoms with Gasteiger partial charge in [-0.2, -0.15) is 0 Å². The van der Waals surface area contributed by atoms with Gasteiger partial charge >= 0.3 is 0 Å². The molecular weight excluding hydrogens is 224 g/mol. The summed E-state index contributed by atoms with van der Waals surface area (Å²) in [6, 6.07) is 0.736. The first-order valence-corrected chi connectivity index (χ1v) is 7.73. The summed E-state index contributed by atoms with van der Waals surface area (Å²) in [7, 11) is 0. The maximum absolute atomic E-state index is 11.5. The van der Waals surface area contributed by atoms with Gasteiger partial charge in [0.05, 0.1) is 0 Å². The van der Waals surface area contributed by atoms with E-state index in [2.05, 4.69) is 12.2 Å². The van der Waals surface area contributed by atoms with Gasteiger partial charge in [0.25, 0.3) is 0 Å². The molecule has 0 bridgehead atoms. The van der Waals surface area contributed by atoms with Gasteiger partial charge in [0.1, 0.15) is 0 Å². The summed E-state index contributed by atoms with van der Waals surface area (Å²) >= 11 is 0. The van der Waals surface area contributed by atoms with E-state index in [1.165, 1.54) is 32.1 Å². The van der Waals surface area contributed by atoms with Crippen molar-refractivity contribution in [3.63, 3.8) is 0 Å². The number of hydrogen-bond acceptors (Lipinski definition) is 2. The number of carbonyl (C=O) groups excluding carboxylic acids is 1. The standard InChI is InChI=1S/C15H30N2O/c1-3-4-12-17(14(2)18)13-8-11-16-15-9-6-5-7-10-15/h15-16H,3-13H2,1-2H3. The molecule has 1 fully saturated rings. The molecule has 18 heavy (non-hydrogen) atoms. The Hall–Kier alpha value is -0.570. The summed E-state index contributed by atoms with van der Waals surface area (Å²) in [5.74, 6) is 0.223. The largest absolute Gasteiger partial charge is 0.343 e. The molecule has 3 nitrogen and oxygen atoms in total. The van der Waals surface area contributed by atoms with Gasteiger partial charge in [-0.15, -0.1) is 0 Å². The maximum atomic E-state index is 11.5. The monoisotopic (exact) mass is 254 g/mol. The molecule has 0 unspecified atom stereocenters. The van der Waals surface area contributed by atoms with E-state index in [1.54, 1.807) is 6.92 Å². The third kappa shape index (κ3) is 6.39. The molecule has 1 N–H and O–H groups in total. The van der Waals surface area contributed by atoms with Crippen LogP contribution in [0, 0.1) is 0 Å². The first-order chi connectivity index (χ1) is 8.74. The Balaban J connectivity index is 2.08. The lowest BCUT2D eigenvalue weighted by molar-refractivity contribution is -0.129. The number of rotatable bonds is 8. The molecule has 3 heteroatoms. The zero-order chi connectivity index (χ0) is 13.2. The molecule has 0 aromatic rings. The first-order valence-electron chi connectivity index (χ1n) is 7.73. The minimum Gasteiger partial charge on any atom is -0.343 e. The van der Waals surface area contributed by atoms with Crippen molar-refractivity contribution >= 4 is 5.91 Å². The van der Waals surface area contributed by atoms with Crippen LogP contribution < -0.4 is 5.32 Å². The number of nitrogens with one attached hydrogen (secondary N) is 1. The Bertz CT molecular complexity index is 225. The Labute approximate surface area is 112 Å². The van der Waals surface area contributed by atoms with Gasteiger partial charge in [0.15, 0.2) is 0 Å². The van der Waals surface area contributed by atoms with Crippen molar-refractivity contribution in [1.82, 2.24) is 10.2 Å². The molecular formula is C15H30N2O. The van der Waals surface area contributed by atoms with Gasteiger partial charge in [0.2, 0.25) is 5.91 Å². The van der Waals surface area contributed by atoms with Gasteiger partial charge in [-0.25, -0.2) is 0 Å². The van der Waals surface area contributed by atoms with Crippen LogP contribution >= 0.6 is 0 Å². The molecule has 1 rings (SSSR count). The minimum atomic E-state index is 0.223. The van der Waals surface area contributed by atoms with Crippen molar-refractivity contribution < 1.29 is 4.79 Å². The molecule has 0 aliphatic heterocycles. The van der Waals surface area contributed by atoms with Crippen molar-refractivity contribution in [1.29, 1.82) is 0 Å². The average Bonchev–Trinajstić information content (AvgIpc) is 2.38. The molecule has 0 atom stereocenters. The molecule has 1 aliphatic rings. The predicted molar refractivity (Wildman–Crippen MR) is 76.7 cm³/mol. The molecule has 1 aliphatic carbocycles. The second-order valence-electron chi connectivity index (χ2n) is 5.50. The van der Waals surface area contributed by atoms with E-state index in [0.29, 0.717) is 0 Å². The summed E-state index contributed by atoms with van der Waals surface area (Å²) < 4.78 is 0. The van der Waals surface area contributed by atoms with Crippen LogP contribution in [0.4, 0.5) is 0 Å². The average molecular weight is 254 g/mol. The lowest BCUT2D eigenvalue weighted by Gasteiger charge is -2.24. The van der Waals surface area contributed by atoms with Crippen LogP contribution in [0.1, 0.15) is 65.2 Å². The van der Waals surface area contributed by atoms with Gasteiger partial charge in [-0.3, -0.25) is 4.79 Å². The molecule has 106 valence electrons. The second kappa shape index (κ2) is 9.37. The van der Waals surface area contributed by atoms with Crippen molar-refractivity contribution in [2.24, 2.45) is 0 Å². The van der Waals surface area contributed by atoms with E-state index in [0.717, 1.165) is 44.9 Å². The van der Waals surface area contributed by atoms with Crippen LogP contribution in [0.2, 0.25) is 0 Å². The highest BCUT2D eigenvalue weighted by molar-refractivity contribution is 5.73. The lowest BCUT2D eigenvalue weighted by atomic mass is 9.95. The van der Waals surface area contributed by atoms with E-state index in [4.69, 9.17) is 0 Å². The van der Waals surface area contributed by atoms with E-state index in [9.17, 15) is 4.79 Å². The molecule has 1 saturated carbocycles. The summed E-state index contributed by atoms with van der Waals surface area (Å²) in [6.07, 6.45) is 10.2. The fraction of sp³-hybridized carbons (Fsp3) is 0.933. The highest BCUT2D eigenvalue weighted by atomic mass is 16.2. The highest BCUT2D eigenvalue weighted by Crippen LogP contribution is 2.17. The van der Waals surface area contributed by atoms with Crippen molar-refractivity contribution in [3.8, 4) is 0 Å². The fourth-order valence-electron chi connectivity index (χ4n) is 2.66. The number of carbonyl (C=O) groups is 1. The highest BCUT2D eigenvalue weighted by Gasteiger charge is 2.12. The number of nitrogens with zero attached hydrogens (tertiary/aromatic N) is 1. The van der Waals surface area contributed by atoms with Gasteiger partial charge in [0, 0.05) is 26.1 Å². The molecule has 0 spiro atoms. The third-order valence-corrected chi connectivity index (χ3v) is 3.87. The predicted octanol–water partition coefficient (Wildman–Crippen LogP) is 2.95. The third-order valence-electron chi connectivity index (χ3n) is 3.87. The van der Waals surface area contributed by atoms with Crippen molar-refractivity contribution in [2.45, 2.75) is 71.3 Å². The molecule has 1 amide bonds. The van der Waals surface area contributed by atoms with Gasteiger partial charge in [-0.1, -0.05) is 32.6 Å². The smallest absolute Gasteiger partial charge is 0.219 e. The normalized spacial score (nSPS) is 16.8. The summed E-state index contributed by atoms with van der Waals surface area (Å²) in [4.78, 5) is 13.4. The fourth-order valence-corrected chi connectivity index (χ4v) is 2.66. The lowest BCUT2D eigenvalue weighted by Crippen LogP contribution is -2.35. The Morgan fingerprint density at radius 3 is 2.44 bits per heavy atom. The van der Waals surface area contributed by atoms with E-state index in [-0.39, 0.29) is 5.91 Å². The molecule has 0 heterocycles. The Morgan fingerprint density at radius 1 is 1.17 bits per heavy atom. The molecule has 0 aromatic heterocycles. The van der Waals surface area contributed by atoms with Crippen LogP contribution in [0.25, 0.3) is 0 Å². The van der Waals surface area contributed by atoms with Crippen LogP contribution in [0.15, 0.2) is 0 Å². The quantitative estimate of drug-likeness (QED) is 0.675. The van der Waals surface area contributed by atoms with Gasteiger partial charge in [-0.05, 0) is 32.2 Å². The molecule has 0 aromatic carbocycles. The zero-order valence-electron chi connectivity index (χ0n) is 12.2. The van der Waals surface area contributed by atoms with Gasteiger partial charge < -0.3 is 10.2 Å². The van der Waals surface area contributed by atoms with E-state index in [1.807, 2.05) is 4.90 Å². The number of unbranched alkanes of at least 4 members (excludes halogenated alkanes) is 1. The van der Waals surface area contributed by atoms with Crippen LogP contribution in [-0.4, -0.2) is 36.5 Å². The number of hydrogen-bond donors (Lipinski definition) is 1. The van der Waals surface area contributed by atoms with Crippen LogP contribution in [-0.2, 0) is 4.79 Å². The summed E-state index contributed by atoms with van der Waals surface area (Å²) in [6.45, 7) is 6.75.